The summed E-state index contributed by atoms with van der Waals surface area (Å²) in [7, 11) is -3.62. The number of hydrogen-bond donors (Lipinski definition) is 2. The Kier molecular flexibility index (Phi) is 6.23. The Morgan fingerprint density at radius 2 is 1.96 bits per heavy atom. The molecule has 0 saturated carbocycles. The van der Waals surface area contributed by atoms with Gasteiger partial charge in [0.05, 0.1) is 17.5 Å². The number of benzene rings is 1. The monoisotopic (exact) mass is 414 g/mol. The van der Waals surface area contributed by atoms with E-state index in [1.807, 2.05) is 0 Å². The van der Waals surface area contributed by atoms with E-state index in [1.54, 1.807) is 0 Å². The first-order chi connectivity index (χ1) is 10.4. The number of sulfonamides is 1. The molecule has 0 aliphatic carbocycles. The van der Waals surface area contributed by atoms with Gasteiger partial charge in [-0.1, -0.05) is 22.5 Å². The third-order valence-electron chi connectivity index (χ3n) is 2.63. The summed E-state index contributed by atoms with van der Waals surface area (Å²) in [5.74, 6) is -0.696. The maximum atomic E-state index is 12.3. The molecule has 1 aromatic carbocycles. The number of halogens is 4. The van der Waals surface area contributed by atoms with E-state index >= 15 is 0 Å². The molecule has 1 rings (SSSR count). The third-order valence-corrected chi connectivity index (χ3v) is 3.72. The maximum Gasteiger partial charge on any atom is 0.412 e. The van der Waals surface area contributed by atoms with E-state index < -0.39 is 34.1 Å². The van der Waals surface area contributed by atoms with Gasteiger partial charge in [0.1, 0.15) is 0 Å². The zero-order valence-electron chi connectivity index (χ0n) is 12.0. The molecular formula is C13H14BrF3N2O3S. The lowest BCUT2D eigenvalue weighted by molar-refractivity contribution is -0.0934. The number of hydrogen-bond acceptors (Lipinski definition) is 3. The van der Waals surface area contributed by atoms with Gasteiger partial charge in [0.25, 0.3) is 5.91 Å². The standard InChI is InChI=1S/C13H14BrF3N2O3S/c1-8(13(15,16)17)5-6-18-12(20)10-4-3-9(14)7-11(10)19-23(2,21)22/h3-4,7,19H,1,5-6H2,2H3,(H,18,20). The van der Waals surface area contributed by atoms with Gasteiger partial charge in [-0.3, -0.25) is 9.52 Å². The van der Waals surface area contributed by atoms with Gasteiger partial charge < -0.3 is 5.32 Å². The number of anilines is 1. The summed E-state index contributed by atoms with van der Waals surface area (Å²) >= 11 is 3.14. The summed E-state index contributed by atoms with van der Waals surface area (Å²) in [6, 6.07) is 4.24. The molecule has 2 N–H and O–H groups in total. The second-order valence-electron chi connectivity index (χ2n) is 4.67. The van der Waals surface area contributed by atoms with E-state index in [0.717, 1.165) is 6.26 Å². The quantitative estimate of drug-likeness (QED) is 0.702. The first-order valence-corrected chi connectivity index (χ1v) is 8.89. The molecule has 1 amide bonds. The van der Waals surface area contributed by atoms with Crippen LogP contribution in [0, 0.1) is 0 Å². The number of carbonyl (C=O) groups excluding carboxylic acids is 1. The van der Waals surface area contributed by atoms with Crippen LogP contribution in [-0.4, -0.2) is 33.3 Å². The Hall–Kier alpha value is -1.55. The van der Waals surface area contributed by atoms with Crippen molar-refractivity contribution in [2.24, 2.45) is 0 Å². The topological polar surface area (TPSA) is 75.3 Å². The molecule has 0 bridgehead atoms. The summed E-state index contributed by atoms with van der Waals surface area (Å²) in [6.45, 7) is 2.63. The molecule has 0 fully saturated rings. The molecule has 0 radical (unpaired) electrons. The minimum absolute atomic E-state index is 0.00348. The number of alkyl halides is 3. The fraction of sp³-hybridized carbons (Fsp3) is 0.308. The molecule has 0 aliphatic rings. The van der Waals surface area contributed by atoms with Crippen LogP contribution in [0.1, 0.15) is 16.8 Å². The van der Waals surface area contributed by atoms with Crippen molar-refractivity contribution in [3.63, 3.8) is 0 Å². The number of amides is 1. The highest BCUT2D eigenvalue weighted by molar-refractivity contribution is 9.10. The highest BCUT2D eigenvalue weighted by Crippen LogP contribution is 2.26. The van der Waals surface area contributed by atoms with Crippen molar-refractivity contribution in [1.29, 1.82) is 0 Å². The van der Waals surface area contributed by atoms with Gasteiger partial charge >= 0.3 is 6.18 Å². The zero-order valence-corrected chi connectivity index (χ0v) is 14.4. The molecule has 10 heteroatoms. The van der Waals surface area contributed by atoms with Gasteiger partial charge in [0.15, 0.2) is 0 Å². The lowest BCUT2D eigenvalue weighted by Gasteiger charge is -2.13. The Bertz CT molecular complexity index is 718. The average molecular weight is 415 g/mol. The van der Waals surface area contributed by atoms with Crippen LogP contribution < -0.4 is 10.0 Å². The minimum atomic E-state index is -4.51. The summed E-state index contributed by atoms with van der Waals surface area (Å²) < 4.78 is 62.2. The van der Waals surface area contributed by atoms with Crippen molar-refractivity contribution in [2.75, 3.05) is 17.5 Å². The van der Waals surface area contributed by atoms with Crippen molar-refractivity contribution in [3.8, 4) is 0 Å². The number of nitrogens with one attached hydrogen (secondary N) is 2. The summed E-state index contributed by atoms with van der Waals surface area (Å²) in [5, 5.41) is 2.30. The lowest BCUT2D eigenvalue weighted by Crippen LogP contribution is -2.27. The molecule has 0 atom stereocenters. The van der Waals surface area contributed by atoms with Crippen molar-refractivity contribution in [3.05, 3.63) is 40.4 Å². The van der Waals surface area contributed by atoms with Crippen LogP contribution in [0.4, 0.5) is 18.9 Å². The van der Waals surface area contributed by atoms with Crippen molar-refractivity contribution in [2.45, 2.75) is 12.6 Å². The third kappa shape index (κ3) is 6.61. The van der Waals surface area contributed by atoms with E-state index in [1.165, 1.54) is 18.2 Å². The van der Waals surface area contributed by atoms with Crippen molar-refractivity contribution in [1.82, 2.24) is 5.32 Å². The average Bonchev–Trinajstić information content (AvgIpc) is 2.35. The molecule has 1 aromatic rings. The molecule has 5 nitrogen and oxygen atoms in total. The number of rotatable bonds is 6. The lowest BCUT2D eigenvalue weighted by atomic mass is 10.1. The van der Waals surface area contributed by atoms with Crippen molar-refractivity contribution >= 4 is 37.5 Å². The normalized spacial score (nSPS) is 11.9. The molecule has 0 aliphatic heterocycles. The van der Waals surface area contributed by atoms with E-state index in [9.17, 15) is 26.4 Å². The second kappa shape index (κ2) is 7.35. The predicted octanol–water partition coefficient (Wildman–Crippen LogP) is 3.06. The predicted molar refractivity (Wildman–Crippen MR) is 84.8 cm³/mol. The first-order valence-electron chi connectivity index (χ1n) is 6.20. The molecule has 0 spiro atoms. The molecule has 0 aromatic heterocycles. The fourth-order valence-electron chi connectivity index (χ4n) is 1.56. The summed E-state index contributed by atoms with van der Waals surface area (Å²) in [6.07, 6.45) is -4.05. The van der Waals surface area contributed by atoms with Crippen molar-refractivity contribution < 1.29 is 26.4 Å². The van der Waals surface area contributed by atoms with Crippen LogP contribution in [-0.2, 0) is 10.0 Å². The van der Waals surface area contributed by atoms with Crippen LogP contribution in [0.25, 0.3) is 0 Å². The second-order valence-corrected chi connectivity index (χ2v) is 7.34. The Morgan fingerprint density at radius 1 is 1.35 bits per heavy atom. The molecule has 0 saturated heterocycles. The van der Waals surface area contributed by atoms with Gasteiger partial charge in [0, 0.05) is 16.6 Å². The van der Waals surface area contributed by atoms with E-state index in [0.29, 0.717) is 4.47 Å². The van der Waals surface area contributed by atoms with Crippen LogP contribution in [0.5, 0.6) is 0 Å². The van der Waals surface area contributed by atoms with Gasteiger partial charge in [-0.2, -0.15) is 13.2 Å². The largest absolute Gasteiger partial charge is 0.412 e. The number of carbonyl (C=O) groups is 1. The van der Waals surface area contributed by atoms with Crippen LogP contribution in [0.2, 0.25) is 0 Å². The van der Waals surface area contributed by atoms with Crippen LogP contribution in [0.3, 0.4) is 0 Å². The van der Waals surface area contributed by atoms with E-state index in [4.69, 9.17) is 0 Å². The zero-order chi connectivity index (χ0) is 17.8. The Balaban J connectivity index is 2.82. The van der Waals surface area contributed by atoms with E-state index in [-0.39, 0.29) is 17.8 Å². The van der Waals surface area contributed by atoms with Gasteiger partial charge in [0.2, 0.25) is 10.0 Å². The highest BCUT2D eigenvalue weighted by Gasteiger charge is 2.31. The highest BCUT2D eigenvalue weighted by atomic mass is 79.9. The van der Waals surface area contributed by atoms with Crippen LogP contribution in [0.15, 0.2) is 34.8 Å². The molecule has 23 heavy (non-hydrogen) atoms. The Morgan fingerprint density at radius 3 is 2.48 bits per heavy atom. The fourth-order valence-corrected chi connectivity index (χ4v) is 2.49. The maximum absolute atomic E-state index is 12.3. The molecular weight excluding hydrogens is 401 g/mol. The summed E-state index contributed by atoms with van der Waals surface area (Å²) in [4.78, 5) is 12.0. The SMILES string of the molecule is C=C(CCNC(=O)c1ccc(Br)cc1NS(C)(=O)=O)C(F)(F)F. The Labute approximate surface area is 140 Å². The van der Waals surface area contributed by atoms with Gasteiger partial charge in [-0.05, 0) is 24.6 Å². The minimum Gasteiger partial charge on any atom is -0.352 e. The van der Waals surface area contributed by atoms with E-state index in [2.05, 4.69) is 32.5 Å². The van der Waals surface area contributed by atoms with Crippen LogP contribution >= 0.6 is 15.9 Å². The molecule has 0 heterocycles. The van der Waals surface area contributed by atoms with Gasteiger partial charge in [-0.25, -0.2) is 8.42 Å². The molecule has 128 valence electrons. The van der Waals surface area contributed by atoms with Gasteiger partial charge in [-0.15, -0.1) is 0 Å². The first kappa shape index (κ1) is 19.5. The molecule has 0 unspecified atom stereocenters. The smallest absolute Gasteiger partial charge is 0.352 e. The summed E-state index contributed by atoms with van der Waals surface area (Å²) in [5.41, 5.74) is -0.937.